The third kappa shape index (κ3) is 3.06. The van der Waals surface area contributed by atoms with Crippen molar-refractivity contribution in [3.8, 4) is 11.1 Å². The van der Waals surface area contributed by atoms with Gasteiger partial charge in [-0.05, 0) is 23.3 Å². The number of benzene rings is 2. The van der Waals surface area contributed by atoms with Gasteiger partial charge in [0.15, 0.2) is 0 Å². The van der Waals surface area contributed by atoms with Crippen molar-refractivity contribution in [2.75, 3.05) is 0 Å². The van der Waals surface area contributed by atoms with Crippen LogP contribution in [0.3, 0.4) is 0 Å². The Morgan fingerprint density at radius 1 is 0.684 bits per heavy atom. The minimum Gasteiger partial charge on any atom is -0.478 e. The standard InChI is InChI=1S/C14H10O4.Zn/c15-13(16)11-7-3-1-5-9(11)10-6-2-4-8-12(10)14(17)18;/h1-8H,(H,15,16)(H,17,18);. The summed E-state index contributed by atoms with van der Waals surface area (Å²) in [6, 6.07) is 12.7. The van der Waals surface area contributed by atoms with Crippen molar-refractivity contribution in [3.63, 3.8) is 0 Å². The third-order valence-corrected chi connectivity index (χ3v) is 2.61. The maximum atomic E-state index is 11.1. The zero-order valence-electron chi connectivity index (χ0n) is 10.0. The largest absolute Gasteiger partial charge is 0.478 e. The smallest absolute Gasteiger partial charge is 0.336 e. The fraction of sp³-hybridized carbons (Fsp3) is 0. The molecule has 2 aromatic carbocycles. The molecule has 5 heteroatoms. The molecule has 0 atom stereocenters. The molecule has 0 saturated heterocycles. The average Bonchev–Trinajstić information content (AvgIpc) is 2.38. The summed E-state index contributed by atoms with van der Waals surface area (Å²) in [5.41, 5.74) is 0.989. The molecule has 4 nitrogen and oxygen atoms in total. The predicted molar refractivity (Wildman–Crippen MR) is 65.8 cm³/mol. The van der Waals surface area contributed by atoms with Crippen LogP contribution in [0.5, 0.6) is 0 Å². The first kappa shape index (κ1) is 15.1. The molecule has 0 aromatic heterocycles. The van der Waals surface area contributed by atoms with Crippen LogP contribution >= 0.6 is 0 Å². The number of hydrogen-bond donors (Lipinski definition) is 2. The van der Waals surface area contributed by atoms with Crippen LogP contribution in [0, 0.1) is 0 Å². The maximum Gasteiger partial charge on any atom is 0.336 e. The minimum absolute atomic E-state index is 0. The molecule has 2 N–H and O–H groups in total. The predicted octanol–water partition coefficient (Wildman–Crippen LogP) is 2.75. The fourth-order valence-corrected chi connectivity index (χ4v) is 1.81. The van der Waals surface area contributed by atoms with Gasteiger partial charge in [0.1, 0.15) is 0 Å². The molecule has 2 aromatic rings. The molecule has 92 valence electrons. The van der Waals surface area contributed by atoms with Gasteiger partial charge in [-0.15, -0.1) is 0 Å². The van der Waals surface area contributed by atoms with E-state index in [4.69, 9.17) is 10.2 Å². The molecule has 19 heavy (non-hydrogen) atoms. The molecule has 0 unspecified atom stereocenters. The molecule has 0 bridgehead atoms. The molecular weight excluding hydrogens is 298 g/mol. The van der Waals surface area contributed by atoms with Gasteiger partial charge in [0.25, 0.3) is 0 Å². The van der Waals surface area contributed by atoms with Gasteiger partial charge in [0, 0.05) is 19.5 Å². The van der Waals surface area contributed by atoms with Crippen LogP contribution in [0.25, 0.3) is 11.1 Å². The second-order valence-electron chi connectivity index (χ2n) is 3.70. The van der Waals surface area contributed by atoms with E-state index in [1.165, 1.54) is 12.1 Å². The van der Waals surface area contributed by atoms with E-state index in [2.05, 4.69) is 0 Å². The van der Waals surface area contributed by atoms with E-state index in [9.17, 15) is 9.59 Å². The Labute approximate surface area is 122 Å². The van der Waals surface area contributed by atoms with Crippen molar-refractivity contribution in [1.82, 2.24) is 0 Å². The zero-order valence-corrected chi connectivity index (χ0v) is 13.0. The molecule has 0 amide bonds. The fourth-order valence-electron chi connectivity index (χ4n) is 1.81. The van der Waals surface area contributed by atoms with Gasteiger partial charge >= 0.3 is 11.9 Å². The first-order valence-electron chi connectivity index (χ1n) is 5.26. The minimum atomic E-state index is -1.08. The number of carboxylic acid groups (broad SMARTS) is 2. The van der Waals surface area contributed by atoms with E-state index in [1.54, 1.807) is 36.4 Å². The van der Waals surface area contributed by atoms with Crippen molar-refractivity contribution < 1.29 is 39.3 Å². The quantitative estimate of drug-likeness (QED) is 0.855. The Morgan fingerprint density at radius 2 is 1.00 bits per heavy atom. The first-order valence-corrected chi connectivity index (χ1v) is 5.26. The van der Waals surface area contributed by atoms with Crippen LogP contribution in [0.2, 0.25) is 0 Å². The summed E-state index contributed by atoms with van der Waals surface area (Å²) >= 11 is 0. The van der Waals surface area contributed by atoms with E-state index in [-0.39, 0.29) is 30.6 Å². The average molecular weight is 308 g/mol. The second kappa shape index (κ2) is 6.25. The van der Waals surface area contributed by atoms with Crippen molar-refractivity contribution in [2.45, 2.75) is 0 Å². The van der Waals surface area contributed by atoms with Gasteiger partial charge in [-0.1, -0.05) is 36.4 Å². The van der Waals surface area contributed by atoms with Gasteiger partial charge < -0.3 is 10.2 Å². The summed E-state index contributed by atoms with van der Waals surface area (Å²) in [5, 5.41) is 18.2. The van der Waals surface area contributed by atoms with E-state index in [0.29, 0.717) is 11.1 Å². The number of carbonyl (C=O) groups is 2. The van der Waals surface area contributed by atoms with Crippen LogP contribution < -0.4 is 0 Å². The van der Waals surface area contributed by atoms with Crippen LogP contribution in [0.1, 0.15) is 20.7 Å². The summed E-state index contributed by atoms with van der Waals surface area (Å²) in [6.07, 6.45) is 0. The third-order valence-electron chi connectivity index (χ3n) is 2.61. The number of hydrogen-bond acceptors (Lipinski definition) is 2. The van der Waals surface area contributed by atoms with Gasteiger partial charge in [-0.2, -0.15) is 0 Å². The molecule has 2 rings (SSSR count). The second-order valence-corrected chi connectivity index (χ2v) is 3.70. The molecule has 0 fully saturated rings. The maximum absolute atomic E-state index is 11.1. The first-order chi connectivity index (χ1) is 8.61. The Kier molecular flexibility index (Phi) is 4.96. The summed E-state index contributed by atoms with van der Waals surface area (Å²) < 4.78 is 0. The SMILES string of the molecule is O=C(O)c1ccccc1-c1ccccc1C(=O)O.[Zn]. The van der Waals surface area contributed by atoms with Crippen molar-refractivity contribution in [1.29, 1.82) is 0 Å². The molecule has 0 aliphatic carbocycles. The van der Waals surface area contributed by atoms with Crippen LogP contribution in [-0.2, 0) is 19.5 Å². The summed E-state index contributed by atoms with van der Waals surface area (Å²) in [4.78, 5) is 22.3. The molecule has 0 radical (unpaired) electrons. The van der Waals surface area contributed by atoms with Crippen LogP contribution in [0.4, 0.5) is 0 Å². The zero-order chi connectivity index (χ0) is 13.1. The topological polar surface area (TPSA) is 74.6 Å². The van der Waals surface area contributed by atoms with Crippen molar-refractivity contribution in [2.24, 2.45) is 0 Å². The Hall–Kier alpha value is -2.00. The van der Waals surface area contributed by atoms with Gasteiger partial charge in [-0.25, -0.2) is 9.59 Å². The van der Waals surface area contributed by atoms with E-state index < -0.39 is 11.9 Å². The van der Waals surface area contributed by atoms with E-state index in [1.807, 2.05) is 0 Å². The van der Waals surface area contributed by atoms with Crippen LogP contribution in [0.15, 0.2) is 48.5 Å². The normalized spacial score (nSPS) is 9.47. The number of carboxylic acids is 2. The van der Waals surface area contributed by atoms with Gasteiger partial charge in [0.05, 0.1) is 11.1 Å². The van der Waals surface area contributed by atoms with Crippen molar-refractivity contribution >= 4 is 11.9 Å². The summed E-state index contributed by atoms with van der Waals surface area (Å²) in [6.45, 7) is 0. The molecule has 0 aliphatic heterocycles. The Bertz CT molecular complexity index is 567. The van der Waals surface area contributed by atoms with E-state index in [0.717, 1.165) is 0 Å². The van der Waals surface area contributed by atoms with Crippen LogP contribution in [-0.4, -0.2) is 22.2 Å². The van der Waals surface area contributed by atoms with E-state index >= 15 is 0 Å². The molecule has 0 saturated carbocycles. The number of aromatic carboxylic acids is 2. The molecular formula is C14H10O4Zn. The Morgan fingerprint density at radius 3 is 1.32 bits per heavy atom. The molecule has 0 spiro atoms. The number of rotatable bonds is 3. The summed E-state index contributed by atoms with van der Waals surface area (Å²) in [7, 11) is 0. The molecule has 0 heterocycles. The Balaban J connectivity index is 0.00000180. The molecule has 0 aliphatic rings. The monoisotopic (exact) mass is 306 g/mol. The van der Waals surface area contributed by atoms with Gasteiger partial charge in [-0.3, -0.25) is 0 Å². The van der Waals surface area contributed by atoms with Gasteiger partial charge in [0.2, 0.25) is 0 Å². The summed E-state index contributed by atoms with van der Waals surface area (Å²) in [5.74, 6) is -2.16. The van der Waals surface area contributed by atoms with Crippen molar-refractivity contribution in [3.05, 3.63) is 59.7 Å².